The van der Waals surface area contributed by atoms with Gasteiger partial charge in [0.15, 0.2) is 0 Å². The number of aliphatic hydroxyl groups excluding tert-OH is 1. The van der Waals surface area contributed by atoms with Crippen molar-refractivity contribution in [1.82, 2.24) is 9.78 Å². The molecule has 0 saturated heterocycles. The van der Waals surface area contributed by atoms with Crippen LogP contribution >= 0.6 is 0 Å². The van der Waals surface area contributed by atoms with Gasteiger partial charge >= 0.3 is 0 Å². The lowest BCUT2D eigenvalue weighted by Gasteiger charge is -2.13. The van der Waals surface area contributed by atoms with Gasteiger partial charge in [0.05, 0.1) is 23.6 Å². The summed E-state index contributed by atoms with van der Waals surface area (Å²) >= 11 is 0. The van der Waals surface area contributed by atoms with E-state index in [-0.39, 0.29) is 5.56 Å². The number of nitrogens with zero attached hydrogens (tertiary/aromatic N) is 2. The molecule has 100 valence electrons. The first kappa shape index (κ1) is 13.2. The highest BCUT2D eigenvalue weighted by Crippen LogP contribution is 2.24. The van der Waals surface area contributed by atoms with Crippen molar-refractivity contribution < 1.29 is 14.3 Å². The van der Waals surface area contributed by atoms with Crippen LogP contribution in [0.3, 0.4) is 0 Å². The topological polar surface area (TPSA) is 81.1 Å². The van der Waals surface area contributed by atoms with Crippen molar-refractivity contribution in [2.45, 2.75) is 20.0 Å². The van der Waals surface area contributed by atoms with Crippen LogP contribution < -0.4 is 5.73 Å². The Balaban J connectivity index is 2.59. The number of amides is 1. The Kier molecular flexibility index (Phi) is 3.35. The van der Waals surface area contributed by atoms with Gasteiger partial charge in [-0.3, -0.25) is 4.79 Å². The number of carbonyl (C=O) groups is 1. The highest BCUT2D eigenvalue weighted by Gasteiger charge is 2.15. The third-order valence-corrected chi connectivity index (χ3v) is 2.87. The quantitative estimate of drug-likeness (QED) is 0.879. The van der Waals surface area contributed by atoms with E-state index in [2.05, 4.69) is 5.10 Å². The number of hydrogen-bond donors (Lipinski definition) is 2. The minimum Gasteiger partial charge on any atom is -0.389 e. The van der Waals surface area contributed by atoms with Crippen LogP contribution in [0, 0.1) is 12.7 Å². The predicted molar refractivity (Wildman–Crippen MR) is 67.4 cm³/mol. The smallest absolute Gasteiger partial charge is 0.251 e. The van der Waals surface area contributed by atoms with Crippen molar-refractivity contribution in [3.05, 3.63) is 47.0 Å². The molecule has 0 saturated carbocycles. The van der Waals surface area contributed by atoms with E-state index in [1.807, 2.05) is 0 Å². The Morgan fingerprint density at radius 3 is 2.74 bits per heavy atom. The summed E-state index contributed by atoms with van der Waals surface area (Å²) in [6, 6.07) is 2.83. The summed E-state index contributed by atoms with van der Waals surface area (Å²) in [5.41, 5.74) is 6.74. The molecule has 0 radical (unpaired) electrons. The minimum atomic E-state index is -0.855. The van der Waals surface area contributed by atoms with Crippen LogP contribution in [-0.2, 0) is 0 Å². The van der Waals surface area contributed by atoms with E-state index in [1.54, 1.807) is 13.0 Å². The standard InChI is InChI=1S/C13H14FN3O2/c1-7-3-12(10(8(2)18)4-11(7)14)17-6-9(5-16-17)13(15)19/h3-6,8,18H,1-2H3,(H2,15,19)/t8-/m0/s1. The molecule has 0 aliphatic rings. The van der Waals surface area contributed by atoms with Crippen LogP contribution in [0.2, 0.25) is 0 Å². The fourth-order valence-corrected chi connectivity index (χ4v) is 1.80. The second kappa shape index (κ2) is 4.81. The fraction of sp³-hybridized carbons (Fsp3) is 0.231. The highest BCUT2D eigenvalue weighted by molar-refractivity contribution is 5.92. The Morgan fingerprint density at radius 1 is 1.53 bits per heavy atom. The molecule has 0 aliphatic heterocycles. The van der Waals surface area contributed by atoms with Gasteiger partial charge in [-0.2, -0.15) is 5.10 Å². The number of nitrogens with two attached hydrogens (primary N) is 1. The maximum Gasteiger partial charge on any atom is 0.251 e. The molecule has 19 heavy (non-hydrogen) atoms. The molecule has 0 aliphatic carbocycles. The molecule has 2 aromatic rings. The molecule has 6 heteroatoms. The molecule has 0 fully saturated rings. The highest BCUT2D eigenvalue weighted by atomic mass is 19.1. The van der Waals surface area contributed by atoms with E-state index < -0.39 is 17.8 Å². The van der Waals surface area contributed by atoms with Crippen molar-refractivity contribution in [2.75, 3.05) is 0 Å². The molecular formula is C13H14FN3O2. The zero-order valence-electron chi connectivity index (χ0n) is 10.6. The van der Waals surface area contributed by atoms with Gasteiger partial charge in [-0.05, 0) is 31.5 Å². The number of benzene rings is 1. The molecule has 0 spiro atoms. The van der Waals surface area contributed by atoms with Crippen LogP contribution in [0.1, 0.15) is 34.5 Å². The fourth-order valence-electron chi connectivity index (χ4n) is 1.80. The van der Waals surface area contributed by atoms with E-state index in [1.165, 1.54) is 30.1 Å². The molecule has 0 bridgehead atoms. The first-order valence-electron chi connectivity index (χ1n) is 5.73. The Labute approximate surface area is 109 Å². The van der Waals surface area contributed by atoms with E-state index in [0.29, 0.717) is 16.8 Å². The maximum absolute atomic E-state index is 13.6. The number of primary amides is 1. The van der Waals surface area contributed by atoms with Crippen molar-refractivity contribution in [1.29, 1.82) is 0 Å². The predicted octanol–water partition coefficient (Wildman–Crippen LogP) is 1.47. The molecular weight excluding hydrogens is 249 g/mol. The third-order valence-electron chi connectivity index (χ3n) is 2.87. The lowest BCUT2D eigenvalue weighted by Crippen LogP contribution is -2.10. The van der Waals surface area contributed by atoms with Gasteiger partial charge in [0, 0.05) is 11.8 Å². The van der Waals surface area contributed by atoms with Gasteiger partial charge in [0.25, 0.3) is 5.91 Å². The van der Waals surface area contributed by atoms with Crippen molar-refractivity contribution >= 4 is 5.91 Å². The largest absolute Gasteiger partial charge is 0.389 e. The average molecular weight is 263 g/mol. The van der Waals surface area contributed by atoms with Gasteiger partial charge in [-0.15, -0.1) is 0 Å². The van der Waals surface area contributed by atoms with E-state index >= 15 is 0 Å². The Morgan fingerprint density at radius 2 is 2.21 bits per heavy atom. The molecule has 1 aromatic heterocycles. The second-order valence-corrected chi connectivity index (χ2v) is 4.37. The molecule has 1 amide bonds. The van der Waals surface area contributed by atoms with Crippen LogP contribution in [0.4, 0.5) is 4.39 Å². The summed E-state index contributed by atoms with van der Waals surface area (Å²) in [4.78, 5) is 11.0. The summed E-state index contributed by atoms with van der Waals surface area (Å²) in [5.74, 6) is -0.995. The van der Waals surface area contributed by atoms with Crippen LogP contribution in [0.15, 0.2) is 24.5 Å². The number of aryl methyl sites for hydroxylation is 1. The molecule has 5 nitrogen and oxygen atoms in total. The monoisotopic (exact) mass is 263 g/mol. The first-order chi connectivity index (χ1) is 8.90. The Bertz CT molecular complexity index is 635. The lowest BCUT2D eigenvalue weighted by molar-refractivity contribution is 0.100. The Hall–Kier alpha value is -2.21. The lowest BCUT2D eigenvalue weighted by atomic mass is 10.0. The molecule has 3 N–H and O–H groups in total. The van der Waals surface area contributed by atoms with Crippen LogP contribution in [-0.4, -0.2) is 20.8 Å². The van der Waals surface area contributed by atoms with Crippen LogP contribution in [0.5, 0.6) is 0 Å². The van der Waals surface area contributed by atoms with Crippen molar-refractivity contribution in [3.8, 4) is 5.69 Å². The normalized spacial score (nSPS) is 12.4. The average Bonchev–Trinajstić information content (AvgIpc) is 2.81. The number of halogens is 1. The summed E-state index contributed by atoms with van der Waals surface area (Å²) in [6.07, 6.45) is 1.92. The van der Waals surface area contributed by atoms with Gasteiger partial charge in [0.1, 0.15) is 5.82 Å². The van der Waals surface area contributed by atoms with E-state index in [9.17, 15) is 14.3 Å². The minimum absolute atomic E-state index is 0.249. The van der Waals surface area contributed by atoms with Gasteiger partial charge in [-0.25, -0.2) is 9.07 Å². The summed E-state index contributed by atoms with van der Waals surface area (Å²) < 4.78 is 15.0. The number of aromatic nitrogens is 2. The van der Waals surface area contributed by atoms with Crippen molar-refractivity contribution in [2.24, 2.45) is 5.73 Å². The zero-order chi connectivity index (χ0) is 14.2. The van der Waals surface area contributed by atoms with Gasteiger partial charge in [0.2, 0.25) is 0 Å². The van der Waals surface area contributed by atoms with E-state index in [0.717, 1.165) is 0 Å². The summed E-state index contributed by atoms with van der Waals surface area (Å²) in [5, 5.41) is 13.7. The maximum atomic E-state index is 13.6. The summed E-state index contributed by atoms with van der Waals surface area (Å²) in [6.45, 7) is 3.15. The summed E-state index contributed by atoms with van der Waals surface area (Å²) in [7, 11) is 0. The zero-order valence-corrected chi connectivity index (χ0v) is 10.6. The molecule has 2 rings (SSSR count). The molecule has 1 aromatic carbocycles. The van der Waals surface area contributed by atoms with Gasteiger partial charge < -0.3 is 10.8 Å². The molecule has 1 heterocycles. The molecule has 1 atom stereocenters. The number of aliphatic hydroxyl groups is 1. The van der Waals surface area contributed by atoms with Gasteiger partial charge in [-0.1, -0.05) is 0 Å². The SMILES string of the molecule is Cc1cc(-n2cc(C(N)=O)cn2)c([C@H](C)O)cc1F. The third kappa shape index (κ3) is 2.48. The van der Waals surface area contributed by atoms with Crippen LogP contribution in [0.25, 0.3) is 5.69 Å². The van der Waals surface area contributed by atoms with E-state index in [4.69, 9.17) is 5.73 Å². The molecule has 0 unspecified atom stereocenters. The van der Waals surface area contributed by atoms with Crippen molar-refractivity contribution in [3.63, 3.8) is 0 Å². The number of carbonyl (C=O) groups excluding carboxylic acids is 1. The number of rotatable bonds is 3. The second-order valence-electron chi connectivity index (χ2n) is 4.37. The number of hydrogen-bond acceptors (Lipinski definition) is 3. The first-order valence-corrected chi connectivity index (χ1v) is 5.73.